The second kappa shape index (κ2) is 6.47. The van der Waals surface area contributed by atoms with Crippen LogP contribution in [0.1, 0.15) is 30.3 Å². The number of carbonyl (C=O) groups is 1. The lowest BCUT2D eigenvalue weighted by Crippen LogP contribution is -2.46. The monoisotopic (exact) mass is 264 g/mol. The van der Waals surface area contributed by atoms with Crippen LogP contribution in [-0.4, -0.2) is 48.7 Å². The number of likely N-dealkylation sites (N-methyl/N-ethyl adjacent to an activating group) is 1. The van der Waals surface area contributed by atoms with Crippen LogP contribution in [0.5, 0.6) is 0 Å². The van der Waals surface area contributed by atoms with Crippen molar-refractivity contribution in [2.45, 2.75) is 25.8 Å². The topological polar surface area (TPSA) is 67.4 Å². The Morgan fingerprint density at radius 1 is 1.58 bits per heavy atom. The Balaban J connectivity index is 2.19. The number of nitrogens with one attached hydrogen (secondary N) is 1. The first-order chi connectivity index (χ1) is 9.26. The van der Waals surface area contributed by atoms with Gasteiger partial charge in [-0.2, -0.15) is 0 Å². The maximum atomic E-state index is 11.5. The van der Waals surface area contributed by atoms with Crippen LogP contribution in [0.4, 0.5) is 5.82 Å². The minimum absolute atomic E-state index is 0.252. The SMILES string of the molecule is CCN(c1cncc(C(=O)OC)n1)C1CCCNC1. The zero-order valence-electron chi connectivity index (χ0n) is 11.4. The van der Waals surface area contributed by atoms with Crippen LogP contribution in [0.25, 0.3) is 0 Å². The van der Waals surface area contributed by atoms with E-state index in [4.69, 9.17) is 0 Å². The van der Waals surface area contributed by atoms with Crippen molar-refractivity contribution >= 4 is 11.8 Å². The molecule has 1 aliphatic heterocycles. The highest BCUT2D eigenvalue weighted by Crippen LogP contribution is 2.18. The lowest BCUT2D eigenvalue weighted by molar-refractivity contribution is 0.0593. The predicted octanol–water partition coefficient (Wildman–Crippen LogP) is 0.841. The largest absolute Gasteiger partial charge is 0.464 e. The molecule has 6 heteroatoms. The van der Waals surface area contributed by atoms with Crippen molar-refractivity contribution in [1.82, 2.24) is 15.3 Å². The predicted molar refractivity (Wildman–Crippen MR) is 72.3 cm³/mol. The molecule has 0 aromatic carbocycles. The fraction of sp³-hybridized carbons (Fsp3) is 0.615. The molecule has 1 saturated heterocycles. The molecule has 0 saturated carbocycles. The minimum Gasteiger partial charge on any atom is -0.464 e. The van der Waals surface area contributed by atoms with E-state index in [0.29, 0.717) is 6.04 Å². The summed E-state index contributed by atoms with van der Waals surface area (Å²) in [6.07, 6.45) is 5.42. The normalized spacial score (nSPS) is 18.9. The van der Waals surface area contributed by atoms with E-state index in [0.717, 1.165) is 38.3 Å². The number of piperidine rings is 1. The first-order valence-corrected chi connectivity index (χ1v) is 6.64. The highest BCUT2D eigenvalue weighted by molar-refractivity contribution is 5.87. The van der Waals surface area contributed by atoms with Crippen molar-refractivity contribution < 1.29 is 9.53 Å². The van der Waals surface area contributed by atoms with Gasteiger partial charge in [-0.05, 0) is 26.3 Å². The first kappa shape index (κ1) is 13.7. The van der Waals surface area contributed by atoms with E-state index < -0.39 is 5.97 Å². The van der Waals surface area contributed by atoms with Crippen LogP contribution in [0, 0.1) is 0 Å². The Morgan fingerprint density at radius 2 is 2.42 bits per heavy atom. The van der Waals surface area contributed by atoms with Gasteiger partial charge < -0.3 is 15.0 Å². The second-order valence-corrected chi connectivity index (χ2v) is 4.54. The summed E-state index contributed by atoms with van der Waals surface area (Å²) in [4.78, 5) is 22.1. The molecular formula is C13H20N4O2. The van der Waals surface area contributed by atoms with Gasteiger partial charge in [0.05, 0.1) is 19.5 Å². The Morgan fingerprint density at radius 3 is 3.05 bits per heavy atom. The summed E-state index contributed by atoms with van der Waals surface area (Å²) in [5.74, 6) is 0.284. The summed E-state index contributed by atoms with van der Waals surface area (Å²) in [6.45, 7) is 4.94. The quantitative estimate of drug-likeness (QED) is 0.813. The molecule has 0 amide bonds. The Hall–Kier alpha value is -1.69. The number of carbonyl (C=O) groups excluding carboxylic acids is 1. The maximum absolute atomic E-state index is 11.5. The van der Waals surface area contributed by atoms with E-state index >= 15 is 0 Å². The number of anilines is 1. The fourth-order valence-corrected chi connectivity index (χ4v) is 2.40. The molecule has 1 unspecified atom stereocenters. The number of aromatic nitrogens is 2. The molecule has 1 aliphatic rings. The van der Waals surface area contributed by atoms with E-state index in [1.54, 1.807) is 6.20 Å². The molecule has 2 rings (SSSR count). The lowest BCUT2D eigenvalue weighted by atomic mass is 10.1. The van der Waals surface area contributed by atoms with Crippen molar-refractivity contribution in [3.63, 3.8) is 0 Å². The van der Waals surface area contributed by atoms with E-state index in [1.165, 1.54) is 13.3 Å². The molecule has 19 heavy (non-hydrogen) atoms. The van der Waals surface area contributed by atoms with Gasteiger partial charge in [0.1, 0.15) is 5.82 Å². The number of hydrogen-bond acceptors (Lipinski definition) is 6. The Bertz CT molecular complexity index is 432. The van der Waals surface area contributed by atoms with Gasteiger partial charge in [0, 0.05) is 19.1 Å². The van der Waals surface area contributed by atoms with Gasteiger partial charge in [-0.3, -0.25) is 4.98 Å². The molecular weight excluding hydrogens is 244 g/mol. The molecule has 0 bridgehead atoms. The molecule has 0 aliphatic carbocycles. The molecule has 1 aromatic heterocycles. The van der Waals surface area contributed by atoms with Crippen LogP contribution in [0.3, 0.4) is 0 Å². The summed E-state index contributed by atoms with van der Waals surface area (Å²) in [6, 6.07) is 0.404. The van der Waals surface area contributed by atoms with Gasteiger partial charge in [-0.15, -0.1) is 0 Å². The van der Waals surface area contributed by atoms with Gasteiger partial charge in [-0.25, -0.2) is 9.78 Å². The third-order valence-corrected chi connectivity index (χ3v) is 3.36. The second-order valence-electron chi connectivity index (χ2n) is 4.54. The van der Waals surface area contributed by atoms with E-state index in [-0.39, 0.29) is 5.69 Å². The number of ether oxygens (including phenoxy) is 1. The third kappa shape index (κ3) is 3.20. The van der Waals surface area contributed by atoms with Crippen LogP contribution < -0.4 is 10.2 Å². The summed E-state index contributed by atoms with van der Waals surface area (Å²) < 4.78 is 4.68. The summed E-state index contributed by atoms with van der Waals surface area (Å²) >= 11 is 0. The first-order valence-electron chi connectivity index (χ1n) is 6.64. The molecule has 1 aromatic rings. The van der Waals surface area contributed by atoms with E-state index in [9.17, 15) is 4.79 Å². The summed E-state index contributed by atoms with van der Waals surface area (Å²) in [5, 5.41) is 3.39. The standard InChI is InChI=1S/C13H20N4O2/c1-3-17(10-5-4-6-14-7-10)12-9-15-8-11(16-12)13(18)19-2/h8-10,14H,3-7H2,1-2H3. The van der Waals surface area contributed by atoms with Crippen molar-refractivity contribution in [3.8, 4) is 0 Å². The molecule has 0 radical (unpaired) electrons. The molecule has 6 nitrogen and oxygen atoms in total. The van der Waals surface area contributed by atoms with Gasteiger partial charge in [0.25, 0.3) is 0 Å². The molecule has 0 spiro atoms. The van der Waals surface area contributed by atoms with Crippen molar-refractivity contribution in [2.24, 2.45) is 0 Å². The van der Waals surface area contributed by atoms with Gasteiger partial charge in [-0.1, -0.05) is 0 Å². The molecule has 1 atom stereocenters. The molecule has 104 valence electrons. The number of methoxy groups -OCH3 is 1. The fourth-order valence-electron chi connectivity index (χ4n) is 2.40. The summed E-state index contributed by atoms with van der Waals surface area (Å²) in [7, 11) is 1.35. The molecule has 1 N–H and O–H groups in total. The smallest absolute Gasteiger partial charge is 0.358 e. The zero-order valence-corrected chi connectivity index (χ0v) is 11.4. The van der Waals surface area contributed by atoms with E-state index in [1.807, 2.05) is 0 Å². The van der Waals surface area contributed by atoms with Crippen LogP contribution >= 0.6 is 0 Å². The Kier molecular flexibility index (Phi) is 4.68. The van der Waals surface area contributed by atoms with Crippen molar-refractivity contribution in [3.05, 3.63) is 18.1 Å². The molecule has 2 heterocycles. The lowest BCUT2D eigenvalue weighted by Gasteiger charge is -2.34. The van der Waals surface area contributed by atoms with E-state index in [2.05, 4.69) is 31.8 Å². The van der Waals surface area contributed by atoms with Gasteiger partial charge >= 0.3 is 5.97 Å². The zero-order chi connectivity index (χ0) is 13.7. The number of rotatable bonds is 4. The minimum atomic E-state index is -0.452. The van der Waals surface area contributed by atoms with Crippen LogP contribution in [-0.2, 0) is 4.74 Å². The van der Waals surface area contributed by atoms with Crippen LogP contribution in [0.2, 0.25) is 0 Å². The van der Waals surface area contributed by atoms with Gasteiger partial charge in [0.2, 0.25) is 0 Å². The summed E-state index contributed by atoms with van der Waals surface area (Å²) in [5.41, 5.74) is 0.252. The third-order valence-electron chi connectivity index (χ3n) is 3.36. The van der Waals surface area contributed by atoms with Crippen LogP contribution in [0.15, 0.2) is 12.4 Å². The van der Waals surface area contributed by atoms with Crippen molar-refractivity contribution in [1.29, 1.82) is 0 Å². The van der Waals surface area contributed by atoms with Gasteiger partial charge in [0.15, 0.2) is 5.69 Å². The molecule has 1 fully saturated rings. The number of hydrogen-bond donors (Lipinski definition) is 1. The highest BCUT2D eigenvalue weighted by Gasteiger charge is 2.22. The highest BCUT2D eigenvalue weighted by atomic mass is 16.5. The average Bonchev–Trinajstić information content (AvgIpc) is 2.48. The maximum Gasteiger partial charge on any atom is 0.358 e. The van der Waals surface area contributed by atoms with Crippen molar-refractivity contribution in [2.75, 3.05) is 31.6 Å². The number of esters is 1. The number of nitrogens with zero attached hydrogens (tertiary/aromatic N) is 3. The Labute approximate surface area is 113 Å². The average molecular weight is 264 g/mol.